The fraction of sp³-hybridized carbons (Fsp3) is 0.929. The highest BCUT2D eigenvalue weighted by molar-refractivity contribution is 5.77. The number of hydrogen-bond acceptors (Lipinski definition) is 2. The van der Waals surface area contributed by atoms with Gasteiger partial charge < -0.3 is 10.6 Å². The van der Waals surface area contributed by atoms with Gasteiger partial charge in [-0.25, -0.2) is 0 Å². The lowest BCUT2D eigenvalue weighted by Gasteiger charge is -2.34. The Bertz CT molecular complexity index is 230. The number of amides is 1. The first kappa shape index (κ1) is 14.5. The first-order valence-electron chi connectivity index (χ1n) is 7.15. The maximum atomic E-state index is 11.6. The quantitative estimate of drug-likeness (QED) is 0.700. The molecule has 3 nitrogen and oxygen atoms in total. The molecule has 0 aromatic carbocycles. The average molecular weight is 240 g/mol. The van der Waals surface area contributed by atoms with Crippen LogP contribution in [0, 0.1) is 11.8 Å². The fourth-order valence-electron chi connectivity index (χ4n) is 2.56. The second kappa shape index (κ2) is 7.70. The molecule has 3 heteroatoms. The minimum Gasteiger partial charge on any atom is -0.355 e. The van der Waals surface area contributed by atoms with Crippen LogP contribution in [0.3, 0.4) is 0 Å². The van der Waals surface area contributed by atoms with Crippen molar-refractivity contribution in [1.82, 2.24) is 10.6 Å². The van der Waals surface area contributed by atoms with Gasteiger partial charge in [-0.15, -0.1) is 0 Å². The second-order valence-electron chi connectivity index (χ2n) is 5.46. The van der Waals surface area contributed by atoms with Crippen LogP contribution in [-0.2, 0) is 4.79 Å². The highest BCUT2D eigenvalue weighted by Crippen LogP contribution is 2.29. The highest BCUT2D eigenvalue weighted by atomic mass is 16.1. The van der Waals surface area contributed by atoms with E-state index in [9.17, 15) is 4.79 Å². The summed E-state index contributed by atoms with van der Waals surface area (Å²) in [6.07, 6.45) is 6.05. The standard InChI is InChI=1S/C14H28N2O/c1-4-5-9-15-14(17)10-16-13-8-6-7-11(2)12(13)3/h11-13,16H,4-10H2,1-3H3,(H,15,17). The molecule has 1 aliphatic carbocycles. The number of hydrogen-bond donors (Lipinski definition) is 2. The monoisotopic (exact) mass is 240 g/mol. The first-order valence-corrected chi connectivity index (χ1v) is 7.15. The largest absolute Gasteiger partial charge is 0.355 e. The van der Waals surface area contributed by atoms with Crippen LogP contribution in [-0.4, -0.2) is 25.0 Å². The van der Waals surface area contributed by atoms with Crippen LogP contribution in [0.15, 0.2) is 0 Å². The van der Waals surface area contributed by atoms with Gasteiger partial charge in [-0.1, -0.05) is 40.0 Å². The smallest absolute Gasteiger partial charge is 0.233 e. The van der Waals surface area contributed by atoms with Gasteiger partial charge in [0.2, 0.25) is 5.91 Å². The third-order valence-corrected chi connectivity index (χ3v) is 4.08. The maximum Gasteiger partial charge on any atom is 0.233 e. The van der Waals surface area contributed by atoms with Gasteiger partial charge in [0.25, 0.3) is 0 Å². The van der Waals surface area contributed by atoms with Gasteiger partial charge in [0.05, 0.1) is 6.54 Å². The Kier molecular flexibility index (Phi) is 6.56. The molecular weight excluding hydrogens is 212 g/mol. The minimum atomic E-state index is 0.142. The molecule has 0 aromatic rings. The Labute approximate surface area is 106 Å². The SMILES string of the molecule is CCCCNC(=O)CNC1CCCC(C)C1C. The summed E-state index contributed by atoms with van der Waals surface area (Å²) in [5.74, 6) is 1.61. The van der Waals surface area contributed by atoms with E-state index in [1.165, 1.54) is 19.3 Å². The van der Waals surface area contributed by atoms with Crippen molar-refractivity contribution >= 4 is 5.91 Å². The zero-order chi connectivity index (χ0) is 12.7. The molecule has 0 radical (unpaired) electrons. The molecule has 0 aliphatic heterocycles. The van der Waals surface area contributed by atoms with Gasteiger partial charge in [0.15, 0.2) is 0 Å². The van der Waals surface area contributed by atoms with E-state index in [4.69, 9.17) is 0 Å². The normalized spacial score (nSPS) is 29.0. The van der Waals surface area contributed by atoms with Gasteiger partial charge in [0.1, 0.15) is 0 Å². The third kappa shape index (κ3) is 5.07. The summed E-state index contributed by atoms with van der Waals surface area (Å²) >= 11 is 0. The molecule has 2 N–H and O–H groups in total. The van der Waals surface area contributed by atoms with Crippen LogP contribution in [0.4, 0.5) is 0 Å². The van der Waals surface area contributed by atoms with E-state index in [1.807, 2.05) is 0 Å². The van der Waals surface area contributed by atoms with Crippen molar-refractivity contribution in [1.29, 1.82) is 0 Å². The van der Waals surface area contributed by atoms with Crippen LogP contribution in [0.1, 0.15) is 52.9 Å². The van der Waals surface area contributed by atoms with Crippen molar-refractivity contribution in [2.75, 3.05) is 13.1 Å². The molecule has 1 aliphatic rings. The molecule has 3 unspecified atom stereocenters. The first-order chi connectivity index (χ1) is 8.15. The zero-order valence-corrected chi connectivity index (χ0v) is 11.6. The molecule has 0 aromatic heterocycles. The predicted molar refractivity (Wildman–Crippen MR) is 71.9 cm³/mol. The number of rotatable bonds is 6. The molecule has 17 heavy (non-hydrogen) atoms. The molecule has 1 amide bonds. The molecule has 100 valence electrons. The van der Waals surface area contributed by atoms with Crippen molar-refractivity contribution in [2.45, 2.75) is 58.9 Å². The van der Waals surface area contributed by atoms with E-state index < -0.39 is 0 Å². The van der Waals surface area contributed by atoms with Crippen LogP contribution >= 0.6 is 0 Å². The maximum absolute atomic E-state index is 11.6. The number of unbranched alkanes of at least 4 members (excludes halogenated alkanes) is 1. The Morgan fingerprint density at radius 1 is 1.29 bits per heavy atom. The molecule has 0 bridgehead atoms. The molecule has 1 fully saturated rings. The van der Waals surface area contributed by atoms with Crippen LogP contribution in [0.2, 0.25) is 0 Å². The molecule has 3 atom stereocenters. The van der Waals surface area contributed by atoms with Gasteiger partial charge in [0, 0.05) is 12.6 Å². The summed E-state index contributed by atoms with van der Waals surface area (Å²) in [6, 6.07) is 0.524. The summed E-state index contributed by atoms with van der Waals surface area (Å²) in [6.45, 7) is 8.05. The van der Waals surface area contributed by atoms with Crippen molar-refractivity contribution < 1.29 is 4.79 Å². The van der Waals surface area contributed by atoms with E-state index in [0.29, 0.717) is 18.5 Å². The van der Waals surface area contributed by atoms with Crippen LogP contribution < -0.4 is 10.6 Å². The molecule has 1 rings (SSSR count). The van der Waals surface area contributed by atoms with E-state index in [1.54, 1.807) is 0 Å². The predicted octanol–water partition coefficient (Wildman–Crippen LogP) is 2.32. The second-order valence-corrected chi connectivity index (χ2v) is 5.46. The summed E-state index contributed by atoms with van der Waals surface area (Å²) in [5.41, 5.74) is 0. The van der Waals surface area contributed by atoms with Crippen molar-refractivity contribution in [2.24, 2.45) is 11.8 Å². The van der Waals surface area contributed by atoms with Gasteiger partial charge >= 0.3 is 0 Å². The fourth-order valence-corrected chi connectivity index (χ4v) is 2.56. The molecule has 0 saturated heterocycles. The van der Waals surface area contributed by atoms with Crippen molar-refractivity contribution in [3.05, 3.63) is 0 Å². The molecule has 0 heterocycles. The number of carbonyl (C=O) groups excluding carboxylic acids is 1. The minimum absolute atomic E-state index is 0.142. The van der Waals surface area contributed by atoms with Crippen molar-refractivity contribution in [3.63, 3.8) is 0 Å². The van der Waals surface area contributed by atoms with E-state index >= 15 is 0 Å². The van der Waals surface area contributed by atoms with E-state index in [0.717, 1.165) is 25.3 Å². The van der Waals surface area contributed by atoms with Crippen LogP contribution in [0.5, 0.6) is 0 Å². The van der Waals surface area contributed by atoms with Crippen LogP contribution in [0.25, 0.3) is 0 Å². The lowest BCUT2D eigenvalue weighted by atomic mass is 9.78. The van der Waals surface area contributed by atoms with Gasteiger partial charge in [-0.05, 0) is 24.7 Å². The molecule has 1 saturated carbocycles. The number of carbonyl (C=O) groups is 1. The summed E-state index contributed by atoms with van der Waals surface area (Å²) < 4.78 is 0. The Morgan fingerprint density at radius 3 is 2.76 bits per heavy atom. The lowest BCUT2D eigenvalue weighted by Crippen LogP contribution is -2.45. The third-order valence-electron chi connectivity index (χ3n) is 4.08. The summed E-state index contributed by atoms with van der Waals surface area (Å²) in [7, 11) is 0. The Morgan fingerprint density at radius 2 is 2.06 bits per heavy atom. The topological polar surface area (TPSA) is 41.1 Å². The van der Waals surface area contributed by atoms with E-state index in [2.05, 4.69) is 31.4 Å². The van der Waals surface area contributed by atoms with E-state index in [-0.39, 0.29) is 5.91 Å². The summed E-state index contributed by atoms with van der Waals surface area (Å²) in [5, 5.41) is 6.36. The number of nitrogens with one attached hydrogen (secondary N) is 2. The Hall–Kier alpha value is -0.570. The average Bonchev–Trinajstić information content (AvgIpc) is 2.31. The highest BCUT2D eigenvalue weighted by Gasteiger charge is 2.26. The van der Waals surface area contributed by atoms with Gasteiger partial charge in [-0.3, -0.25) is 4.79 Å². The zero-order valence-electron chi connectivity index (χ0n) is 11.6. The Balaban J connectivity index is 2.18. The lowest BCUT2D eigenvalue weighted by molar-refractivity contribution is -0.120. The van der Waals surface area contributed by atoms with Gasteiger partial charge in [-0.2, -0.15) is 0 Å². The molecular formula is C14H28N2O. The molecule has 0 spiro atoms. The summed E-state index contributed by atoms with van der Waals surface area (Å²) in [4.78, 5) is 11.6. The van der Waals surface area contributed by atoms with Crippen molar-refractivity contribution in [3.8, 4) is 0 Å².